The fourth-order valence-electron chi connectivity index (χ4n) is 1.41. The summed E-state index contributed by atoms with van der Waals surface area (Å²) in [5.74, 6) is -1.01. The highest BCUT2D eigenvalue weighted by Gasteiger charge is 2.07. The Labute approximate surface area is 96.6 Å². The molecule has 0 fully saturated rings. The SMILES string of the molecule is CC(C/C=C/CCc1ccccc1)C(=O)O. The van der Waals surface area contributed by atoms with Crippen LogP contribution in [0.3, 0.4) is 0 Å². The monoisotopic (exact) mass is 218 g/mol. The van der Waals surface area contributed by atoms with Crippen LogP contribution in [0.1, 0.15) is 25.3 Å². The number of hydrogen-bond donors (Lipinski definition) is 1. The van der Waals surface area contributed by atoms with E-state index >= 15 is 0 Å². The summed E-state index contributed by atoms with van der Waals surface area (Å²) < 4.78 is 0. The third-order valence-electron chi connectivity index (χ3n) is 2.52. The summed E-state index contributed by atoms with van der Waals surface area (Å²) in [4.78, 5) is 10.6. The van der Waals surface area contributed by atoms with Gasteiger partial charge in [0.15, 0.2) is 0 Å². The van der Waals surface area contributed by atoms with Crippen LogP contribution in [0.25, 0.3) is 0 Å². The summed E-state index contributed by atoms with van der Waals surface area (Å²) in [5, 5.41) is 8.68. The molecule has 2 nitrogen and oxygen atoms in total. The standard InChI is InChI=1S/C14H18O2/c1-12(14(15)16)8-4-2-5-9-13-10-6-3-7-11-13/h2-4,6-7,10-12H,5,8-9H2,1H3,(H,15,16)/b4-2+. The minimum atomic E-state index is -0.729. The van der Waals surface area contributed by atoms with E-state index in [0.717, 1.165) is 12.8 Å². The van der Waals surface area contributed by atoms with Crippen molar-refractivity contribution in [2.75, 3.05) is 0 Å². The van der Waals surface area contributed by atoms with Gasteiger partial charge in [-0.3, -0.25) is 4.79 Å². The molecule has 1 aromatic rings. The minimum Gasteiger partial charge on any atom is -0.481 e. The first-order chi connectivity index (χ1) is 7.70. The Morgan fingerprint density at radius 2 is 2.00 bits per heavy atom. The first kappa shape index (κ1) is 12.5. The molecular formula is C14H18O2. The summed E-state index contributed by atoms with van der Waals surface area (Å²) in [6, 6.07) is 10.3. The van der Waals surface area contributed by atoms with Crippen LogP contribution in [0.4, 0.5) is 0 Å². The summed E-state index contributed by atoms with van der Waals surface area (Å²) in [6.45, 7) is 1.73. The molecule has 1 unspecified atom stereocenters. The van der Waals surface area contributed by atoms with E-state index in [2.05, 4.69) is 18.2 Å². The first-order valence-corrected chi connectivity index (χ1v) is 5.62. The van der Waals surface area contributed by atoms with Gasteiger partial charge in [-0.05, 0) is 24.8 Å². The Balaban J connectivity index is 2.21. The van der Waals surface area contributed by atoms with E-state index in [0.29, 0.717) is 6.42 Å². The molecule has 1 rings (SSSR count). The van der Waals surface area contributed by atoms with Crippen molar-refractivity contribution in [1.82, 2.24) is 0 Å². The van der Waals surface area contributed by atoms with Crippen molar-refractivity contribution in [3.8, 4) is 0 Å². The second-order valence-electron chi connectivity index (χ2n) is 3.97. The molecule has 0 amide bonds. The van der Waals surface area contributed by atoms with E-state index in [1.54, 1.807) is 6.92 Å². The number of aliphatic carboxylic acids is 1. The molecule has 0 bridgehead atoms. The van der Waals surface area contributed by atoms with Crippen LogP contribution >= 0.6 is 0 Å². The summed E-state index contributed by atoms with van der Waals surface area (Å²) in [6.07, 6.45) is 6.62. The number of carbonyl (C=O) groups is 1. The molecule has 16 heavy (non-hydrogen) atoms. The smallest absolute Gasteiger partial charge is 0.306 e. The summed E-state index contributed by atoms with van der Waals surface area (Å²) in [7, 11) is 0. The maximum atomic E-state index is 10.6. The highest BCUT2D eigenvalue weighted by Crippen LogP contribution is 2.06. The number of allylic oxidation sites excluding steroid dienone is 2. The molecule has 1 aromatic carbocycles. The Morgan fingerprint density at radius 1 is 1.31 bits per heavy atom. The van der Waals surface area contributed by atoms with Crippen molar-refractivity contribution in [3.05, 3.63) is 48.0 Å². The molecule has 0 spiro atoms. The van der Waals surface area contributed by atoms with Gasteiger partial charge in [-0.1, -0.05) is 49.4 Å². The van der Waals surface area contributed by atoms with Crippen LogP contribution in [0.2, 0.25) is 0 Å². The van der Waals surface area contributed by atoms with Crippen LogP contribution in [-0.2, 0) is 11.2 Å². The number of rotatable bonds is 6. The summed E-state index contributed by atoms with van der Waals surface area (Å²) in [5.41, 5.74) is 1.32. The van der Waals surface area contributed by atoms with Gasteiger partial charge >= 0.3 is 5.97 Å². The maximum absolute atomic E-state index is 10.6. The molecule has 86 valence electrons. The average molecular weight is 218 g/mol. The fourth-order valence-corrected chi connectivity index (χ4v) is 1.41. The Morgan fingerprint density at radius 3 is 2.62 bits per heavy atom. The molecule has 1 N–H and O–H groups in total. The van der Waals surface area contributed by atoms with Gasteiger partial charge in [0.2, 0.25) is 0 Å². The van der Waals surface area contributed by atoms with Crippen molar-refractivity contribution in [1.29, 1.82) is 0 Å². The zero-order chi connectivity index (χ0) is 11.8. The molecule has 2 heteroatoms. The molecule has 0 saturated heterocycles. The Kier molecular flexibility index (Phi) is 5.34. The number of hydrogen-bond acceptors (Lipinski definition) is 1. The molecule has 0 heterocycles. The van der Waals surface area contributed by atoms with E-state index < -0.39 is 5.97 Å². The Bertz CT molecular complexity index is 341. The second kappa shape index (κ2) is 6.83. The quantitative estimate of drug-likeness (QED) is 0.744. The lowest BCUT2D eigenvalue weighted by molar-refractivity contribution is -0.140. The number of carboxylic acid groups (broad SMARTS) is 1. The van der Waals surface area contributed by atoms with E-state index in [1.165, 1.54) is 5.56 Å². The zero-order valence-electron chi connectivity index (χ0n) is 9.60. The molecular weight excluding hydrogens is 200 g/mol. The lowest BCUT2D eigenvalue weighted by atomic mass is 10.1. The van der Waals surface area contributed by atoms with Crippen molar-refractivity contribution >= 4 is 5.97 Å². The average Bonchev–Trinajstić information content (AvgIpc) is 2.29. The van der Waals surface area contributed by atoms with Crippen LogP contribution in [0, 0.1) is 5.92 Å². The molecule has 0 saturated carbocycles. The highest BCUT2D eigenvalue weighted by molar-refractivity contribution is 5.69. The maximum Gasteiger partial charge on any atom is 0.306 e. The van der Waals surface area contributed by atoms with E-state index in [-0.39, 0.29) is 5.92 Å². The van der Waals surface area contributed by atoms with Crippen molar-refractivity contribution in [2.45, 2.75) is 26.2 Å². The Hall–Kier alpha value is -1.57. The van der Waals surface area contributed by atoms with E-state index in [4.69, 9.17) is 5.11 Å². The molecule has 0 radical (unpaired) electrons. The number of benzene rings is 1. The van der Waals surface area contributed by atoms with Gasteiger partial charge in [0.1, 0.15) is 0 Å². The molecule has 0 aliphatic carbocycles. The van der Waals surface area contributed by atoms with Gasteiger partial charge in [-0.25, -0.2) is 0 Å². The number of aryl methyl sites for hydroxylation is 1. The number of carboxylic acids is 1. The van der Waals surface area contributed by atoms with Gasteiger partial charge in [0, 0.05) is 0 Å². The van der Waals surface area contributed by atoms with E-state index in [9.17, 15) is 4.79 Å². The van der Waals surface area contributed by atoms with Crippen LogP contribution in [0.5, 0.6) is 0 Å². The highest BCUT2D eigenvalue weighted by atomic mass is 16.4. The second-order valence-corrected chi connectivity index (χ2v) is 3.97. The largest absolute Gasteiger partial charge is 0.481 e. The van der Waals surface area contributed by atoms with Crippen LogP contribution in [-0.4, -0.2) is 11.1 Å². The fraction of sp³-hybridized carbons (Fsp3) is 0.357. The topological polar surface area (TPSA) is 37.3 Å². The first-order valence-electron chi connectivity index (χ1n) is 5.62. The predicted octanol–water partition coefficient (Wildman–Crippen LogP) is 3.29. The predicted molar refractivity (Wildman–Crippen MR) is 65.3 cm³/mol. The lowest BCUT2D eigenvalue weighted by Crippen LogP contribution is -2.07. The van der Waals surface area contributed by atoms with Crippen molar-refractivity contribution in [3.63, 3.8) is 0 Å². The third-order valence-corrected chi connectivity index (χ3v) is 2.52. The van der Waals surface area contributed by atoms with Crippen molar-refractivity contribution in [2.24, 2.45) is 5.92 Å². The van der Waals surface area contributed by atoms with Gasteiger partial charge in [0.25, 0.3) is 0 Å². The molecule has 0 aromatic heterocycles. The normalized spacial score (nSPS) is 12.8. The minimum absolute atomic E-state index is 0.284. The van der Waals surface area contributed by atoms with Crippen molar-refractivity contribution < 1.29 is 9.90 Å². The van der Waals surface area contributed by atoms with Crippen LogP contribution < -0.4 is 0 Å². The summed E-state index contributed by atoms with van der Waals surface area (Å²) >= 11 is 0. The van der Waals surface area contributed by atoms with E-state index in [1.807, 2.05) is 24.3 Å². The van der Waals surface area contributed by atoms with Crippen LogP contribution in [0.15, 0.2) is 42.5 Å². The lowest BCUT2D eigenvalue weighted by Gasteiger charge is -2.00. The van der Waals surface area contributed by atoms with Gasteiger partial charge in [-0.15, -0.1) is 0 Å². The molecule has 0 aliphatic rings. The van der Waals surface area contributed by atoms with Gasteiger partial charge < -0.3 is 5.11 Å². The molecule has 1 atom stereocenters. The van der Waals surface area contributed by atoms with Gasteiger partial charge in [-0.2, -0.15) is 0 Å². The zero-order valence-corrected chi connectivity index (χ0v) is 9.60. The van der Waals surface area contributed by atoms with Gasteiger partial charge in [0.05, 0.1) is 5.92 Å². The molecule has 0 aliphatic heterocycles. The third kappa shape index (κ3) is 4.78.